The van der Waals surface area contributed by atoms with Crippen LogP contribution in [0, 0.1) is 0 Å². The van der Waals surface area contributed by atoms with E-state index < -0.39 is 0 Å². The van der Waals surface area contributed by atoms with Gasteiger partial charge in [-0.15, -0.1) is 0 Å². The van der Waals surface area contributed by atoms with Crippen LogP contribution in [0.3, 0.4) is 0 Å². The van der Waals surface area contributed by atoms with Gasteiger partial charge in [0.15, 0.2) is 0 Å². The van der Waals surface area contributed by atoms with Crippen LogP contribution in [0.25, 0.3) is 10.9 Å². The van der Waals surface area contributed by atoms with Crippen LogP contribution in [-0.4, -0.2) is 12.0 Å². The number of benzene rings is 1. The first-order valence-electron chi connectivity index (χ1n) is 6.22. The van der Waals surface area contributed by atoms with E-state index in [4.69, 9.17) is 10.2 Å². The van der Waals surface area contributed by atoms with E-state index in [0.29, 0.717) is 6.54 Å². The molecule has 2 heterocycles. The molecular weight excluding hydrogens is 318 g/mol. The highest BCUT2D eigenvalue weighted by Crippen LogP contribution is 2.31. The van der Waals surface area contributed by atoms with Gasteiger partial charge in [0.25, 0.3) is 0 Å². The fourth-order valence-corrected chi connectivity index (χ4v) is 2.56. The lowest BCUT2D eigenvalue weighted by Crippen LogP contribution is -2.16. The van der Waals surface area contributed by atoms with Gasteiger partial charge in [-0.3, -0.25) is 4.98 Å². The molecule has 20 heavy (non-hydrogen) atoms. The van der Waals surface area contributed by atoms with Crippen LogP contribution in [-0.2, 0) is 6.54 Å². The summed E-state index contributed by atoms with van der Waals surface area (Å²) in [6.07, 6.45) is 3.46. The molecule has 0 bridgehead atoms. The Morgan fingerprint density at radius 2 is 2.20 bits per heavy atom. The molecule has 1 aromatic carbocycles. The number of nitrogens with two attached hydrogens (primary N) is 1. The summed E-state index contributed by atoms with van der Waals surface area (Å²) in [5, 5.41) is 0.947. The highest BCUT2D eigenvalue weighted by atomic mass is 79.9. The van der Waals surface area contributed by atoms with Crippen molar-refractivity contribution < 1.29 is 4.42 Å². The zero-order chi connectivity index (χ0) is 14.1. The Morgan fingerprint density at radius 1 is 1.35 bits per heavy atom. The Morgan fingerprint density at radius 3 is 2.95 bits per heavy atom. The van der Waals surface area contributed by atoms with Crippen LogP contribution < -0.4 is 10.6 Å². The number of pyridine rings is 1. The van der Waals surface area contributed by atoms with E-state index in [-0.39, 0.29) is 0 Å². The number of rotatable bonds is 3. The molecule has 0 amide bonds. The highest BCUT2D eigenvalue weighted by Gasteiger charge is 2.11. The fourth-order valence-electron chi connectivity index (χ4n) is 2.23. The van der Waals surface area contributed by atoms with Gasteiger partial charge in [-0.25, -0.2) is 0 Å². The second-order valence-electron chi connectivity index (χ2n) is 4.66. The Bertz CT molecular complexity index is 740. The van der Waals surface area contributed by atoms with Crippen molar-refractivity contribution in [1.82, 2.24) is 4.98 Å². The zero-order valence-electron chi connectivity index (χ0n) is 11.0. The van der Waals surface area contributed by atoms with Crippen molar-refractivity contribution >= 4 is 38.2 Å². The summed E-state index contributed by atoms with van der Waals surface area (Å²) in [5.41, 5.74) is 8.68. The Kier molecular flexibility index (Phi) is 3.36. The van der Waals surface area contributed by atoms with Crippen molar-refractivity contribution in [2.24, 2.45) is 0 Å². The van der Waals surface area contributed by atoms with Crippen LogP contribution in [0.5, 0.6) is 0 Å². The number of fused-ring (bicyclic) bond motifs is 1. The number of halogens is 1. The lowest BCUT2D eigenvalue weighted by molar-refractivity contribution is 0.508. The Balaban J connectivity index is 2.05. The highest BCUT2D eigenvalue weighted by molar-refractivity contribution is 9.10. The molecule has 4 nitrogen and oxygen atoms in total. The fraction of sp³-hybridized carbons (Fsp3) is 0.133. The monoisotopic (exact) mass is 331 g/mol. The summed E-state index contributed by atoms with van der Waals surface area (Å²) in [4.78, 5) is 6.59. The molecule has 0 atom stereocenters. The predicted octanol–water partition coefficient (Wildman–Crippen LogP) is 3.81. The minimum Gasteiger partial charge on any atom is -0.467 e. The Hall–Kier alpha value is -2.01. The lowest BCUT2D eigenvalue weighted by atomic mass is 10.1. The van der Waals surface area contributed by atoms with Crippen molar-refractivity contribution in [2.75, 3.05) is 17.7 Å². The van der Waals surface area contributed by atoms with Crippen LogP contribution in [0.4, 0.5) is 11.4 Å². The number of nitrogen functional groups attached to an aromatic ring is 1. The third kappa shape index (κ3) is 2.36. The molecule has 0 saturated heterocycles. The second-order valence-corrected chi connectivity index (χ2v) is 5.57. The third-order valence-electron chi connectivity index (χ3n) is 3.21. The zero-order valence-corrected chi connectivity index (χ0v) is 12.6. The molecule has 0 radical (unpaired) electrons. The number of furan rings is 1. The maximum atomic E-state index is 6.03. The molecule has 0 fully saturated rings. The molecular formula is C15H14BrN3O. The summed E-state index contributed by atoms with van der Waals surface area (Å²) < 4.78 is 6.31. The normalized spacial score (nSPS) is 10.9. The predicted molar refractivity (Wildman–Crippen MR) is 84.7 cm³/mol. The molecule has 0 unspecified atom stereocenters. The van der Waals surface area contributed by atoms with E-state index in [9.17, 15) is 0 Å². The van der Waals surface area contributed by atoms with Crippen LogP contribution in [0.2, 0.25) is 0 Å². The number of aromatic nitrogens is 1. The van der Waals surface area contributed by atoms with Crippen molar-refractivity contribution in [3.05, 3.63) is 53.0 Å². The van der Waals surface area contributed by atoms with Gasteiger partial charge in [0.05, 0.1) is 24.0 Å². The molecule has 2 aromatic heterocycles. The van der Waals surface area contributed by atoms with E-state index in [0.717, 1.165) is 32.5 Å². The third-order valence-corrected chi connectivity index (χ3v) is 3.65. The molecule has 102 valence electrons. The summed E-state index contributed by atoms with van der Waals surface area (Å²) in [5.74, 6) is 0.912. The minimum atomic E-state index is 0.684. The SMILES string of the molecule is CN(Cc1ccco1)c1ccc(N)c2cc(Br)cnc12. The van der Waals surface area contributed by atoms with E-state index in [1.165, 1.54) is 0 Å². The molecule has 0 spiro atoms. The van der Waals surface area contributed by atoms with Gasteiger partial charge in [0.2, 0.25) is 0 Å². The molecule has 2 N–H and O–H groups in total. The van der Waals surface area contributed by atoms with Gasteiger partial charge >= 0.3 is 0 Å². The summed E-state index contributed by atoms with van der Waals surface area (Å²) in [7, 11) is 2.01. The first-order chi connectivity index (χ1) is 9.65. The van der Waals surface area contributed by atoms with E-state index in [1.54, 1.807) is 12.5 Å². The maximum absolute atomic E-state index is 6.03. The van der Waals surface area contributed by atoms with Gasteiger partial charge < -0.3 is 15.1 Å². The minimum absolute atomic E-state index is 0.684. The molecule has 0 aliphatic carbocycles. The number of nitrogens with zero attached hydrogens (tertiary/aromatic N) is 2. The molecule has 0 saturated carbocycles. The summed E-state index contributed by atoms with van der Waals surface area (Å²) in [6.45, 7) is 0.684. The second kappa shape index (κ2) is 5.17. The average molecular weight is 332 g/mol. The maximum Gasteiger partial charge on any atom is 0.123 e. The van der Waals surface area contributed by atoms with Crippen molar-refractivity contribution in [1.29, 1.82) is 0 Å². The Labute approximate surface area is 125 Å². The van der Waals surface area contributed by atoms with E-state index >= 15 is 0 Å². The number of hydrogen-bond acceptors (Lipinski definition) is 4. The van der Waals surface area contributed by atoms with Crippen molar-refractivity contribution in [3.8, 4) is 0 Å². The lowest BCUT2D eigenvalue weighted by Gasteiger charge is -2.20. The van der Waals surface area contributed by atoms with Crippen LogP contribution in [0.1, 0.15) is 5.76 Å². The largest absolute Gasteiger partial charge is 0.467 e. The van der Waals surface area contributed by atoms with Crippen molar-refractivity contribution in [3.63, 3.8) is 0 Å². The van der Waals surface area contributed by atoms with E-state index in [2.05, 4.69) is 25.8 Å². The van der Waals surface area contributed by atoms with Gasteiger partial charge in [-0.2, -0.15) is 0 Å². The molecule has 0 aliphatic heterocycles. The number of anilines is 2. The molecule has 5 heteroatoms. The van der Waals surface area contributed by atoms with Gasteiger partial charge in [0.1, 0.15) is 5.76 Å². The average Bonchev–Trinajstić information content (AvgIpc) is 2.92. The molecule has 3 aromatic rings. The van der Waals surface area contributed by atoms with E-state index in [1.807, 2.05) is 37.4 Å². The summed E-state index contributed by atoms with van der Waals surface area (Å²) in [6, 6.07) is 9.73. The van der Waals surface area contributed by atoms with Crippen molar-refractivity contribution in [2.45, 2.75) is 6.54 Å². The van der Waals surface area contributed by atoms with Gasteiger partial charge in [-0.05, 0) is 46.3 Å². The smallest absolute Gasteiger partial charge is 0.123 e. The van der Waals surface area contributed by atoms with Gasteiger partial charge in [0, 0.05) is 28.8 Å². The first kappa shape index (κ1) is 13.0. The van der Waals surface area contributed by atoms with Crippen LogP contribution >= 0.6 is 15.9 Å². The topological polar surface area (TPSA) is 55.3 Å². The molecule has 3 rings (SSSR count). The quantitative estimate of drug-likeness (QED) is 0.741. The molecule has 0 aliphatic rings. The van der Waals surface area contributed by atoms with Gasteiger partial charge in [-0.1, -0.05) is 0 Å². The first-order valence-corrected chi connectivity index (χ1v) is 7.01. The van der Waals surface area contributed by atoms with Crippen LogP contribution in [0.15, 0.2) is 51.7 Å². The number of hydrogen-bond donors (Lipinski definition) is 1. The standard InChI is InChI=1S/C15H14BrN3O/c1-19(9-11-3-2-6-20-11)14-5-4-13(17)12-7-10(16)8-18-15(12)14/h2-8H,9,17H2,1H3. The summed E-state index contributed by atoms with van der Waals surface area (Å²) >= 11 is 3.43.